The minimum atomic E-state index is -0.224. The highest BCUT2D eigenvalue weighted by atomic mass is 16.5. The molecule has 0 atom stereocenters. The first-order valence-electron chi connectivity index (χ1n) is 4.68. The van der Waals surface area contributed by atoms with E-state index in [1.807, 2.05) is 31.4 Å². The summed E-state index contributed by atoms with van der Waals surface area (Å²) >= 11 is 0. The Morgan fingerprint density at radius 1 is 1.53 bits per heavy atom. The Kier molecular flexibility index (Phi) is 2.41. The van der Waals surface area contributed by atoms with Gasteiger partial charge in [-0.15, -0.1) is 0 Å². The van der Waals surface area contributed by atoms with Crippen LogP contribution in [-0.2, 0) is 23.0 Å². The molecule has 0 radical (unpaired) electrons. The van der Waals surface area contributed by atoms with Gasteiger partial charge in [-0.25, -0.2) is 0 Å². The summed E-state index contributed by atoms with van der Waals surface area (Å²) in [6.07, 6.45) is 2.23. The van der Waals surface area contributed by atoms with Gasteiger partial charge in [-0.1, -0.05) is 6.07 Å². The number of ether oxygens (including phenoxy) is 1. The van der Waals surface area contributed by atoms with Gasteiger partial charge in [0.15, 0.2) is 0 Å². The Bertz CT molecular complexity index is 502. The highest BCUT2D eigenvalue weighted by molar-refractivity contribution is 5.81. The van der Waals surface area contributed by atoms with E-state index >= 15 is 0 Å². The molecule has 2 rings (SSSR count). The second-order valence-electron chi connectivity index (χ2n) is 3.45. The van der Waals surface area contributed by atoms with Crippen molar-refractivity contribution >= 4 is 16.9 Å². The maximum absolute atomic E-state index is 11.1. The molecular formula is C11H12N2O2. The Hall–Kier alpha value is -1.84. The Balaban J connectivity index is 2.33. The van der Waals surface area contributed by atoms with Crippen LogP contribution in [0.5, 0.6) is 0 Å². The lowest BCUT2D eigenvalue weighted by Gasteiger charge is -1.99. The molecule has 0 amide bonds. The molecule has 0 saturated heterocycles. The van der Waals surface area contributed by atoms with Gasteiger partial charge >= 0.3 is 5.97 Å². The van der Waals surface area contributed by atoms with Gasteiger partial charge in [-0.05, 0) is 17.7 Å². The van der Waals surface area contributed by atoms with Crippen LogP contribution in [0.2, 0.25) is 0 Å². The standard InChI is InChI=1S/C11H12N2O2/c1-13-7-9-5-8(6-11(14)15-2)3-4-10(9)12-13/h3-5,7H,6H2,1-2H3. The zero-order chi connectivity index (χ0) is 10.8. The Morgan fingerprint density at radius 3 is 3.07 bits per heavy atom. The van der Waals surface area contributed by atoms with Crippen molar-refractivity contribution < 1.29 is 9.53 Å². The Morgan fingerprint density at radius 2 is 2.33 bits per heavy atom. The van der Waals surface area contributed by atoms with Crippen molar-refractivity contribution in [1.29, 1.82) is 0 Å². The van der Waals surface area contributed by atoms with Gasteiger partial charge in [0.25, 0.3) is 0 Å². The second-order valence-corrected chi connectivity index (χ2v) is 3.45. The number of nitrogens with zero attached hydrogens (tertiary/aromatic N) is 2. The summed E-state index contributed by atoms with van der Waals surface area (Å²) in [6, 6.07) is 5.76. The van der Waals surface area contributed by atoms with E-state index in [0.29, 0.717) is 6.42 Å². The molecule has 0 unspecified atom stereocenters. The quantitative estimate of drug-likeness (QED) is 0.692. The summed E-state index contributed by atoms with van der Waals surface area (Å²) in [6.45, 7) is 0. The SMILES string of the molecule is COC(=O)Cc1ccc2nn(C)cc2c1. The summed E-state index contributed by atoms with van der Waals surface area (Å²) in [7, 11) is 3.27. The highest BCUT2D eigenvalue weighted by Gasteiger charge is 2.04. The van der Waals surface area contributed by atoms with Gasteiger partial charge in [-0.2, -0.15) is 5.10 Å². The largest absolute Gasteiger partial charge is 0.469 e. The number of methoxy groups -OCH3 is 1. The fourth-order valence-corrected chi connectivity index (χ4v) is 1.55. The van der Waals surface area contributed by atoms with Crippen molar-refractivity contribution in [3.63, 3.8) is 0 Å². The van der Waals surface area contributed by atoms with Crippen molar-refractivity contribution in [2.24, 2.45) is 7.05 Å². The van der Waals surface area contributed by atoms with E-state index in [0.717, 1.165) is 16.5 Å². The second kappa shape index (κ2) is 3.73. The molecule has 2 aromatic rings. The highest BCUT2D eigenvalue weighted by Crippen LogP contribution is 2.14. The average Bonchev–Trinajstić information content (AvgIpc) is 2.57. The fourth-order valence-electron chi connectivity index (χ4n) is 1.55. The maximum Gasteiger partial charge on any atom is 0.309 e. The van der Waals surface area contributed by atoms with Crippen molar-refractivity contribution in [2.45, 2.75) is 6.42 Å². The zero-order valence-corrected chi connectivity index (χ0v) is 8.73. The first-order chi connectivity index (χ1) is 7.19. The first-order valence-corrected chi connectivity index (χ1v) is 4.68. The number of aryl methyl sites for hydroxylation is 1. The fraction of sp³-hybridized carbons (Fsp3) is 0.273. The number of carbonyl (C=O) groups is 1. The molecule has 0 spiro atoms. The van der Waals surface area contributed by atoms with Gasteiger partial charge in [0.1, 0.15) is 0 Å². The van der Waals surface area contributed by atoms with E-state index in [-0.39, 0.29) is 5.97 Å². The van der Waals surface area contributed by atoms with Crippen molar-refractivity contribution in [3.05, 3.63) is 30.0 Å². The van der Waals surface area contributed by atoms with Crippen LogP contribution in [0, 0.1) is 0 Å². The summed E-state index contributed by atoms with van der Waals surface area (Å²) in [4.78, 5) is 11.1. The lowest BCUT2D eigenvalue weighted by atomic mass is 10.1. The summed E-state index contributed by atoms with van der Waals surface area (Å²) in [5.41, 5.74) is 1.88. The van der Waals surface area contributed by atoms with E-state index in [2.05, 4.69) is 9.84 Å². The molecule has 0 fully saturated rings. The van der Waals surface area contributed by atoms with Gasteiger partial charge in [0, 0.05) is 18.6 Å². The lowest BCUT2D eigenvalue weighted by molar-refractivity contribution is -0.139. The summed E-state index contributed by atoms with van der Waals surface area (Å²) in [5, 5.41) is 5.29. The van der Waals surface area contributed by atoms with Crippen LogP contribution in [0.1, 0.15) is 5.56 Å². The number of carbonyl (C=O) groups excluding carboxylic acids is 1. The van der Waals surface area contributed by atoms with Crippen molar-refractivity contribution in [1.82, 2.24) is 9.78 Å². The van der Waals surface area contributed by atoms with E-state index in [1.165, 1.54) is 7.11 Å². The predicted octanol–water partition coefficient (Wildman–Crippen LogP) is 1.29. The number of hydrogen-bond acceptors (Lipinski definition) is 3. The maximum atomic E-state index is 11.1. The molecule has 1 aromatic carbocycles. The third-order valence-corrected chi connectivity index (χ3v) is 2.26. The van der Waals surface area contributed by atoms with E-state index in [1.54, 1.807) is 4.68 Å². The van der Waals surface area contributed by atoms with Crippen LogP contribution in [0.25, 0.3) is 10.9 Å². The van der Waals surface area contributed by atoms with E-state index in [9.17, 15) is 4.79 Å². The van der Waals surface area contributed by atoms with Gasteiger partial charge < -0.3 is 4.74 Å². The molecule has 78 valence electrons. The number of fused-ring (bicyclic) bond motifs is 1. The topological polar surface area (TPSA) is 44.1 Å². The molecule has 1 heterocycles. The molecule has 4 nitrogen and oxygen atoms in total. The lowest BCUT2D eigenvalue weighted by Crippen LogP contribution is -2.03. The van der Waals surface area contributed by atoms with Crippen LogP contribution >= 0.6 is 0 Å². The van der Waals surface area contributed by atoms with Crippen LogP contribution < -0.4 is 0 Å². The summed E-state index contributed by atoms with van der Waals surface area (Å²) in [5.74, 6) is -0.224. The zero-order valence-electron chi connectivity index (χ0n) is 8.73. The van der Waals surface area contributed by atoms with Crippen molar-refractivity contribution in [3.8, 4) is 0 Å². The number of esters is 1. The molecule has 0 aliphatic rings. The molecule has 0 N–H and O–H groups in total. The average molecular weight is 204 g/mol. The summed E-state index contributed by atoms with van der Waals surface area (Å²) < 4.78 is 6.37. The van der Waals surface area contributed by atoms with Crippen molar-refractivity contribution in [2.75, 3.05) is 7.11 Å². The number of hydrogen-bond donors (Lipinski definition) is 0. The minimum Gasteiger partial charge on any atom is -0.469 e. The Labute approximate surface area is 87.5 Å². The molecule has 0 aliphatic heterocycles. The van der Waals surface area contributed by atoms with Crippen LogP contribution in [0.3, 0.4) is 0 Å². The van der Waals surface area contributed by atoms with E-state index in [4.69, 9.17) is 0 Å². The van der Waals surface area contributed by atoms with Crippen LogP contribution in [0.15, 0.2) is 24.4 Å². The first kappa shape index (κ1) is 9.71. The third kappa shape index (κ3) is 1.98. The van der Waals surface area contributed by atoms with Gasteiger partial charge in [-0.3, -0.25) is 9.48 Å². The molecule has 0 saturated carbocycles. The van der Waals surface area contributed by atoms with Crippen LogP contribution in [-0.4, -0.2) is 22.9 Å². The number of benzene rings is 1. The van der Waals surface area contributed by atoms with E-state index < -0.39 is 0 Å². The van der Waals surface area contributed by atoms with Gasteiger partial charge in [0.2, 0.25) is 0 Å². The molecule has 0 aliphatic carbocycles. The van der Waals surface area contributed by atoms with Gasteiger partial charge in [0.05, 0.1) is 19.0 Å². The number of rotatable bonds is 2. The van der Waals surface area contributed by atoms with Crippen LogP contribution in [0.4, 0.5) is 0 Å². The molecule has 0 bridgehead atoms. The monoisotopic (exact) mass is 204 g/mol. The normalized spacial score (nSPS) is 10.5. The third-order valence-electron chi connectivity index (χ3n) is 2.26. The smallest absolute Gasteiger partial charge is 0.309 e. The number of aromatic nitrogens is 2. The molecular weight excluding hydrogens is 192 g/mol. The molecule has 15 heavy (non-hydrogen) atoms. The minimum absolute atomic E-state index is 0.224. The predicted molar refractivity (Wildman–Crippen MR) is 56.4 cm³/mol. The molecule has 4 heteroatoms. The molecule has 1 aromatic heterocycles.